The third-order valence-corrected chi connectivity index (χ3v) is 6.56. The summed E-state index contributed by atoms with van der Waals surface area (Å²) in [6, 6.07) is 9.10. The summed E-state index contributed by atoms with van der Waals surface area (Å²) in [7, 11) is 3.67. The number of hydrogen-bond donors (Lipinski definition) is 1. The molecule has 3 rings (SSSR count). The molecule has 0 aromatic heterocycles. The standard InChI is InChI=1S/C22H25BrClN3O3S/c1-14-4-5-16(12-18(14)24)25-20(28)13-30-21-17(23)10-15(11-19(21)29-3)22(31)27-8-6-26(2)7-9-27/h4-5,10-12H,6-9,13H2,1-3H3,(H,25,28). The molecule has 0 atom stereocenters. The Hall–Kier alpha value is -1.87. The molecule has 6 nitrogen and oxygen atoms in total. The first-order valence-electron chi connectivity index (χ1n) is 9.82. The largest absolute Gasteiger partial charge is 0.493 e. The lowest BCUT2D eigenvalue weighted by Gasteiger charge is -2.34. The van der Waals surface area contributed by atoms with Crippen LogP contribution in [0.3, 0.4) is 0 Å². The Balaban J connectivity index is 1.67. The van der Waals surface area contributed by atoms with E-state index < -0.39 is 0 Å². The molecule has 31 heavy (non-hydrogen) atoms. The summed E-state index contributed by atoms with van der Waals surface area (Å²) < 4.78 is 11.9. The smallest absolute Gasteiger partial charge is 0.262 e. The zero-order valence-electron chi connectivity index (χ0n) is 17.7. The quantitative estimate of drug-likeness (QED) is 0.565. The predicted octanol–water partition coefficient (Wildman–Crippen LogP) is 4.36. The van der Waals surface area contributed by atoms with Crippen LogP contribution in [0.2, 0.25) is 5.02 Å². The molecular formula is C22H25BrClN3O3S. The Labute approximate surface area is 201 Å². The summed E-state index contributed by atoms with van der Waals surface area (Å²) in [5.74, 6) is 0.655. The number of carbonyl (C=O) groups is 1. The number of rotatable bonds is 6. The lowest BCUT2D eigenvalue weighted by Crippen LogP contribution is -2.46. The molecule has 0 aliphatic carbocycles. The molecule has 0 saturated carbocycles. The van der Waals surface area contributed by atoms with Gasteiger partial charge < -0.3 is 24.6 Å². The zero-order valence-corrected chi connectivity index (χ0v) is 20.9. The second kappa shape index (κ2) is 10.6. The van der Waals surface area contributed by atoms with Crippen molar-refractivity contribution in [1.29, 1.82) is 0 Å². The first kappa shape index (κ1) is 23.8. The van der Waals surface area contributed by atoms with Gasteiger partial charge in [-0.1, -0.05) is 29.9 Å². The topological polar surface area (TPSA) is 54.0 Å². The van der Waals surface area contributed by atoms with E-state index in [4.69, 9.17) is 33.3 Å². The molecule has 0 bridgehead atoms. The molecular weight excluding hydrogens is 502 g/mol. The first-order valence-corrected chi connectivity index (χ1v) is 11.4. The Morgan fingerprint density at radius 2 is 1.94 bits per heavy atom. The van der Waals surface area contributed by atoms with Gasteiger partial charge in [0.25, 0.3) is 5.91 Å². The van der Waals surface area contributed by atoms with Crippen LogP contribution in [0.25, 0.3) is 0 Å². The van der Waals surface area contributed by atoms with Crippen LogP contribution < -0.4 is 14.8 Å². The van der Waals surface area contributed by atoms with Crippen LogP contribution in [0.5, 0.6) is 11.5 Å². The number of nitrogens with zero attached hydrogens (tertiary/aromatic N) is 2. The lowest BCUT2D eigenvalue weighted by molar-refractivity contribution is -0.118. The van der Waals surface area contributed by atoms with E-state index in [1.165, 1.54) is 0 Å². The van der Waals surface area contributed by atoms with Crippen LogP contribution in [0, 0.1) is 6.92 Å². The van der Waals surface area contributed by atoms with Crippen molar-refractivity contribution in [3.63, 3.8) is 0 Å². The lowest BCUT2D eigenvalue weighted by atomic mass is 10.1. The normalized spacial score (nSPS) is 14.3. The molecule has 1 saturated heterocycles. The van der Waals surface area contributed by atoms with E-state index in [1.807, 2.05) is 25.1 Å². The number of piperazine rings is 1. The SMILES string of the molecule is COc1cc(C(=S)N2CCN(C)CC2)cc(Br)c1OCC(=O)Nc1ccc(C)c(Cl)c1. The van der Waals surface area contributed by atoms with Crippen molar-refractivity contribution in [3.8, 4) is 11.5 Å². The van der Waals surface area contributed by atoms with Crippen molar-refractivity contribution in [2.45, 2.75) is 6.92 Å². The summed E-state index contributed by atoms with van der Waals surface area (Å²) in [5.41, 5.74) is 2.43. The van der Waals surface area contributed by atoms with Gasteiger partial charge in [-0.25, -0.2) is 0 Å². The van der Waals surface area contributed by atoms with Gasteiger partial charge in [0.05, 0.1) is 11.6 Å². The van der Waals surface area contributed by atoms with Gasteiger partial charge in [-0.3, -0.25) is 4.79 Å². The van der Waals surface area contributed by atoms with Crippen LogP contribution in [0.4, 0.5) is 5.69 Å². The number of hydrogen-bond acceptors (Lipinski definition) is 5. The molecule has 1 aliphatic heterocycles. The van der Waals surface area contributed by atoms with Gasteiger partial charge in [0, 0.05) is 42.5 Å². The maximum Gasteiger partial charge on any atom is 0.262 e. The van der Waals surface area contributed by atoms with Crippen molar-refractivity contribution in [1.82, 2.24) is 9.80 Å². The minimum Gasteiger partial charge on any atom is -0.493 e. The van der Waals surface area contributed by atoms with Gasteiger partial charge in [-0.05, 0) is 59.7 Å². The Morgan fingerprint density at radius 1 is 1.23 bits per heavy atom. The molecule has 1 N–H and O–H groups in total. The van der Waals surface area contributed by atoms with E-state index in [-0.39, 0.29) is 12.5 Å². The Morgan fingerprint density at radius 3 is 2.58 bits per heavy atom. The summed E-state index contributed by atoms with van der Waals surface area (Å²) in [4.78, 5) is 17.6. The molecule has 1 aliphatic rings. The minimum absolute atomic E-state index is 0.178. The van der Waals surface area contributed by atoms with Crippen molar-refractivity contribution < 1.29 is 14.3 Å². The van der Waals surface area contributed by atoms with Crippen LogP contribution >= 0.6 is 39.7 Å². The molecule has 2 aromatic carbocycles. The molecule has 1 heterocycles. The highest BCUT2D eigenvalue weighted by Crippen LogP contribution is 2.37. The minimum atomic E-state index is -0.300. The fourth-order valence-electron chi connectivity index (χ4n) is 3.18. The number of ether oxygens (including phenoxy) is 2. The number of thiocarbonyl (C=S) groups is 1. The van der Waals surface area contributed by atoms with E-state index in [1.54, 1.807) is 19.2 Å². The Bertz CT molecular complexity index is 981. The van der Waals surface area contributed by atoms with E-state index in [2.05, 4.69) is 38.1 Å². The number of aryl methyl sites for hydroxylation is 1. The van der Waals surface area contributed by atoms with Crippen LogP contribution in [0.1, 0.15) is 11.1 Å². The second-order valence-electron chi connectivity index (χ2n) is 7.39. The third kappa shape index (κ3) is 6.10. The molecule has 1 fully saturated rings. The Kier molecular flexibility index (Phi) is 8.16. The number of halogens is 2. The highest BCUT2D eigenvalue weighted by molar-refractivity contribution is 9.10. The number of nitrogens with one attached hydrogen (secondary N) is 1. The highest BCUT2D eigenvalue weighted by Gasteiger charge is 2.21. The average molecular weight is 527 g/mol. The maximum absolute atomic E-state index is 12.3. The second-order valence-corrected chi connectivity index (χ2v) is 9.03. The van der Waals surface area contributed by atoms with Crippen molar-refractivity contribution in [3.05, 3.63) is 51.0 Å². The molecule has 0 spiro atoms. The highest BCUT2D eigenvalue weighted by atomic mass is 79.9. The van der Waals surface area contributed by atoms with E-state index in [0.717, 1.165) is 42.3 Å². The van der Waals surface area contributed by atoms with Crippen molar-refractivity contribution in [2.75, 3.05) is 52.3 Å². The monoisotopic (exact) mass is 525 g/mol. The molecule has 2 aromatic rings. The number of likely N-dealkylation sites (N-methyl/N-ethyl adjacent to an activating group) is 1. The van der Waals surface area contributed by atoms with Crippen LogP contribution in [-0.2, 0) is 4.79 Å². The van der Waals surface area contributed by atoms with E-state index >= 15 is 0 Å². The summed E-state index contributed by atoms with van der Waals surface area (Å²) in [5, 5.41) is 3.37. The molecule has 9 heteroatoms. The average Bonchev–Trinajstić information content (AvgIpc) is 2.75. The number of carbonyl (C=O) groups excluding carboxylic acids is 1. The van der Waals surface area contributed by atoms with Crippen LogP contribution in [0.15, 0.2) is 34.8 Å². The zero-order chi connectivity index (χ0) is 22.5. The molecule has 166 valence electrons. The van der Waals surface area contributed by atoms with E-state index in [9.17, 15) is 4.79 Å². The molecule has 1 amide bonds. The number of anilines is 1. The van der Waals surface area contributed by atoms with Gasteiger partial charge in [-0.2, -0.15) is 0 Å². The van der Waals surface area contributed by atoms with Gasteiger partial charge >= 0.3 is 0 Å². The molecule has 0 unspecified atom stereocenters. The predicted molar refractivity (Wildman–Crippen MR) is 132 cm³/mol. The maximum atomic E-state index is 12.3. The fourth-order valence-corrected chi connectivity index (χ4v) is 4.22. The van der Waals surface area contributed by atoms with Gasteiger partial charge in [0.2, 0.25) is 0 Å². The number of amides is 1. The first-order chi connectivity index (χ1) is 14.8. The third-order valence-electron chi connectivity index (χ3n) is 5.07. The summed E-state index contributed by atoms with van der Waals surface area (Å²) in [6.45, 7) is 5.44. The van der Waals surface area contributed by atoms with Crippen molar-refractivity contribution in [2.24, 2.45) is 0 Å². The fraction of sp³-hybridized carbons (Fsp3) is 0.364. The van der Waals surface area contributed by atoms with Gasteiger partial charge in [0.15, 0.2) is 18.1 Å². The summed E-state index contributed by atoms with van der Waals surface area (Å²) in [6.07, 6.45) is 0. The van der Waals surface area contributed by atoms with Crippen molar-refractivity contribution >= 4 is 56.3 Å². The number of benzene rings is 2. The summed E-state index contributed by atoms with van der Waals surface area (Å²) >= 11 is 15.4. The van der Waals surface area contributed by atoms with E-state index in [0.29, 0.717) is 26.7 Å². The van der Waals surface area contributed by atoms with Gasteiger partial charge in [0.1, 0.15) is 4.99 Å². The molecule has 0 radical (unpaired) electrons. The van der Waals surface area contributed by atoms with Crippen LogP contribution in [-0.4, -0.2) is 67.6 Å². The van der Waals surface area contributed by atoms with Gasteiger partial charge in [-0.15, -0.1) is 0 Å². The number of methoxy groups -OCH3 is 1.